The number of anilines is 1. The summed E-state index contributed by atoms with van der Waals surface area (Å²) in [6.45, 7) is 2.83. The molecule has 0 fully saturated rings. The number of fused-ring (bicyclic) bond motifs is 1. The lowest BCUT2D eigenvalue weighted by molar-refractivity contribution is 0.969. The number of H-pyrrole nitrogens is 1. The van der Waals surface area contributed by atoms with E-state index in [0.29, 0.717) is 22.4 Å². The first-order chi connectivity index (χ1) is 7.76. The van der Waals surface area contributed by atoms with Crippen molar-refractivity contribution in [2.45, 2.75) is 13.3 Å². The molecule has 0 bridgehead atoms. The van der Waals surface area contributed by atoms with E-state index in [-0.39, 0.29) is 5.28 Å². The molecule has 2 aromatic heterocycles. The van der Waals surface area contributed by atoms with E-state index in [4.69, 9.17) is 16.9 Å². The summed E-state index contributed by atoms with van der Waals surface area (Å²) in [7, 11) is 0. The van der Waals surface area contributed by atoms with E-state index in [1.165, 1.54) is 0 Å². The molecule has 0 aliphatic carbocycles. The second kappa shape index (κ2) is 4.37. The van der Waals surface area contributed by atoms with Gasteiger partial charge in [-0.25, -0.2) is 4.98 Å². The molecule has 2 N–H and O–H groups in total. The number of aromatic amines is 1. The molecule has 0 unspecified atom stereocenters. The number of halogens is 1. The zero-order chi connectivity index (χ0) is 11.5. The van der Waals surface area contributed by atoms with Crippen molar-refractivity contribution in [2.24, 2.45) is 0 Å². The first kappa shape index (κ1) is 10.7. The molecule has 0 saturated carbocycles. The number of nitrogens with zero attached hydrogens (tertiary/aromatic N) is 3. The van der Waals surface area contributed by atoms with Crippen molar-refractivity contribution in [3.8, 4) is 6.07 Å². The molecule has 0 aliphatic rings. The first-order valence-corrected chi connectivity index (χ1v) is 5.32. The predicted molar refractivity (Wildman–Crippen MR) is 62.4 cm³/mol. The van der Waals surface area contributed by atoms with Crippen LogP contribution in [-0.4, -0.2) is 21.5 Å². The molecule has 16 heavy (non-hydrogen) atoms. The monoisotopic (exact) mass is 235 g/mol. The standard InChI is InChI=1S/C10H10ClN5/c1-2-3-13-8-7-6(4-12)5-14-9(7)16-10(11)15-8/h5H,2-3H2,1H3,(H2,13,14,15,16). The molecule has 0 atom stereocenters. The van der Waals surface area contributed by atoms with Gasteiger partial charge in [-0.2, -0.15) is 10.2 Å². The van der Waals surface area contributed by atoms with Crippen molar-refractivity contribution in [3.63, 3.8) is 0 Å². The largest absolute Gasteiger partial charge is 0.369 e. The SMILES string of the molecule is CCCNc1nc(Cl)nc2[nH]cc(C#N)c12. The van der Waals surface area contributed by atoms with Crippen molar-refractivity contribution in [1.29, 1.82) is 5.26 Å². The summed E-state index contributed by atoms with van der Waals surface area (Å²) in [4.78, 5) is 11.0. The van der Waals surface area contributed by atoms with E-state index >= 15 is 0 Å². The number of aromatic nitrogens is 3. The van der Waals surface area contributed by atoms with E-state index in [1.54, 1.807) is 6.20 Å². The molecule has 2 aromatic rings. The Morgan fingerprint density at radius 2 is 2.38 bits per heavy atom. The van der Waals surface area contributed by atoms with Crippen LogP contribution in [0.3, 0.4) is 0 Å². The summed E-state index contributed by atoms with van der Waals surface area (Å²) in [6.07, 6.45) is 2.57. The van der Waals surface area contributed by atoms with E-state index in [9.17, 15) is 0 Å². The van der Waals surface area contributed by atoms with Crippen LogP contribution < -0.4 is 5.32 Å². The lowest BCUT2D eigenvalue weighted by Gasteiger charge is -2.05. The Bertz CT molecular complexity index is 554. The third kappa shape index (κ3) is 1.79. The maximum Gasteiger partial charge on any atom is 0.226 e. The minimum Gasteiger partial charge on any atom is -0.369 e. The van der Waals surface area contributed by atoms with Gasteiger partial charge in [0.1, 0.15) is 17.5 Å². The van der Waals surface area contributed by atoms with Crippen LogP contribution in [0.15, 0.2) is 6.20 Å². The van der Waals surface area contributed by atoms with E-state index in [2.05, 4.69) is 33.3 Å². The quantitative estimate of drug-likeness (QED) is 0.801. The second-order valence-electron chi connectivity index (χ2n) is 3.31. The van der Waals surface area contributed by atoms with Gasteiger partial charge < -0.3 is 10.3 Å². The Labute approximate surface area is 97.5 Å². The van der Waals surface area contributed by atoms with Crippen LogP contribution in [0.25, 0.3) is 11.0 Å². The van der Waals surface area contributed by atoms with Crippen LogP contribution in [0.1, 0.15) is 18.9 Å². The second-order valence-corrected chi connectivity index (χ2v) is 3.64. The van der Waals surface area contributed by atoms with Gasteiger partial charge in [0.25, 0.3) is 0 Å². The third-order valence-corrected chi connectivity index (χ3v) is 2.34. The number of hydrogen-bond donors (Lipinski definition) is 2. The minimum atomic E-state index is 0.164. The average Bonchev–Trinajstić information content (AvgIpc) is 2.68. The fraction of sp³-hybridized carbons (Fsp3) is 0.300. The van der Waals surface area contributed by atoms with Gasteiger partial charge in [-0.1, -0.05) is 6.92 Å². The summed E-state index contributed by atoms with van der Waals surface area (Å²) in [5, 5.41) is 12.9. The summed E-state index contributed by atoms with van der Waals surface area (Å²) < 4.78 is 0. The van der Waals surface area contributed by atoms with Crippen LogP contribution in [-0.2, 0) is 0 Å². The van der Waals surface area contributed by atoms with Gasteiger partial charge in [-0.3, -0.25) is 0 Å². The van der Waals surface area contributed by atoms with Crippen LogP contribution in [0.4, 0.5) is 5.82 Å². The summed E-state index contributed by atoms with van der Waals surface area (Å²) in [6, 6.07) is 2.09. The third-order valence-electron chi connectivity index (χ3n) is 2.17. The maximum atomic E-state index is 8.96. The van der Waals surface area contributed by atoms with Gasteiger partial charge in [0.15, 0.2) is 0 Å². The molecule has 5 nitrogen and oxygen atoms in total. The van der Waals surface area contributed by atoms with Crippen molar-refractivity contribution in [2.75, 3.05) is 11.9 Å². The smallest absolute Gasteiger partial charge is 0.226 e. The molecule has 0 amide bonds. The molecular weight excluding hydrogens is 226 g/mol. The minimum absolute atomic E-state index is 0.164. The van der Waals surface area contributed by atoms with Gasteiger partial charge in [0.05, 0.1) is 10.9 Å². The lowest BCUT2D eigenvalue weighted by Crippen LogP contribution is -2.03. The fourth-order valence-corrected chi connectivity index (χ4v) is 1.63. The van der Waals surface area contributed by atoms with Gasteiger partial charge in [-0.05, 0) is 18.0 Å². The molecule has 0 saturated heterocycles. The number of nitrogens with one attached hydrogen (secondary N) is 2. The molecule has 82 valence electrons. The van der Waals surface area contributed by atoms with Crippen LogP contribution >= 0.6 is 11.6 Å². The van der Waals surface area contributed by atoms with Gasteiger partial charge in [-0.15, -0.1) is 0 Å². The highest BCUT2D eigenvalue weighted by Gasteiger charge is 2.12. The molecular formula is C10H10ClN5. The highest BCUT2D eigenvalue weighted by Crippen LogP contribution is 2.24. The Morgan fingerprint density at radius 1 is 1.56 bits per heavy atom. The summed E-state index contributed by atoms with van der Waals surface area (Å²) in [5.41, 5.74) is 1.10. The normalized spacial score (nSPS) is 10.3. The molecule has 0 spiro atoms. The van der Waals surface area contributed by atoms with Gasteiger partial charge >= 0.3 is 0 Å². The molecule has 6 heteroatoms. The Hall–Kier alpha value is -1.80. The van der Waals surface area contributed by atoms with E-state index in [0.717, 1.165) is 13.0 Å². The maximum absolute atomic E-state index is 8.96. The number of rotatable bonds is 3. The molecule has 0 aromatic carbocycles. The molecule has 0 aliphatic heterocycles. The van der Waals surface area contributed by atoms with E-state index < -0.39 is 0 Å². The van der Waals surface area contributed by atoms with Crippen LogP contribution in [0, 0.1) is 11.3 Å². The zero-order valence-corrected chi connectivity index (χ0v) is 9.47. The molecule has 2 heterocycles. The predicted octanol–water partition coefficient (Wildman–Crippen LogP) is 2.30. The van der Waals surface area contributed by atoms with Crippen molar-refractivity contribution < 1.29 is 0 Å². The average molecular weight is 236 g/mol. The Balaban J connectivity index is 2.59. The molecule has 0 radical (unpaired) electrons. The number of nitriles is 1. The highest BCUT2D eigenvalue weighted by atomic mass is 35.5. The van der Waals surface area contributed by atoms with Gasteiger partial charge in [0, 0.05) is 12.7 Å². The summed E-state index contributed by atoms with van der Waals surface area (Å²) in [5.74, 6) is 0.606. The molecule has 2 rings (SSSR count). The van der Waals surface area contributed by atoms with Gasteiger partial charge in [0.2, 0.25) is 5.28 Å². The van der Waals surface area contributed by atoms with Crippen molar-refractivity contribution >= 4 is 28.5 Å². The highest BCUT2D eigenvalue weighted by molar-refractivity contribution is 6.28. The van der Waals surface area contributed by atoms with E-state index in [1.807, 2.05) is 0 Å². The lowest BCUT2D eigenvalue weighted by atomic mass is 10.2. The number of hydrogen-bond acceptors (Lipinski definition) is 4. The first-order valence-electron chi connectivity index (χ1n) is 4.95. The fourth-order valence-electron chi connectivity index (χ4n) is 1.47. The zero-order valence-electron chi connectivity index (χ0n) is 8.71. The van der Waals surface area contributed by atoms with Crippen molar-refractivity contribution in [1.82, 2.24) is 15.0 Å². The topological polar surface area (TPSA) is 77.4 Å². The van der Waals surface area contributed by atoms with Crippen molar-refractivity contribution in [3.05, 3.63) is 17.0 Å². The Morgan fingerprint density at radius 3 is 3.06 bits per heavy atom. The Kier molecular flexibility index (Phi) is 2.93. The summed E-state index contributed by atoms with van der Waals surface area (Å²) >= 11 is 5.79. The van der Waals surface area contributed by atoms with Crippen LogP contribution in [0.2, 0.25) is 5.28 Å². The van der Waals surface area contributed by atoms with Crippen LogP contribution in [0.5, 0.6) is 0 Å².